The van der Waals surface area contributed by atoms with Gasteiger partial charge in [0.1, 0.15) is 0 Å². The van der Waals surface area contributed by atoms with Gasteiger partial charge in [-0.3, -0.25) is 0 Å². The molecule has 4 heteroatoms. The number of rotatable bonds is 5. The fraction of sp³-hybridized carbons (Fsp3) is 0.600. The maximum atomic E-state index is 9.48. The molecule has 0 heterocycles. The third kappa shape index (κ3) is 3.85. The molecule has 0 aliphatic heterocycles. The van der Waals surface area contributed by atoms with Gasteiger partial charge in [-0.25, -0.2) is 0 Å². The Morgan fingerprint density at radius 1 is 1.11 bits per heavy atom. The molecule has 0 radical (unpaired) electrons. The number of nitrogens with one attached hydrogen (secondary N) is 1. The van der Waals surface area contributed by atoms with Crippen LogP contribution in [0.1, 0.15) is 31.2 Å². The summed E-state index contributed by atoms with van der Waals surface area (Å²) >= 11 is 0. The van der Waals surface area contributed by atoms with Crippen molar-refractivity contribution in [2.45, 2.75) is 44.4 Å². The summed E-state index contributed by atoms with van der Waals surface area (Å²) in [6, 6.07) is 6.49. The quantitative estimate of drug-likeness (QED) is 0.856. The summed E-state index contributed by atoms with van der Waals surface area (Å²) in [6.07, 6.45) is 3.81. The van der Waals surface area contributed by atoms with Gasteiger partial charge in [0.15, 0.2) is 11.5 Å². The van der Waals surface area contributed by atoms with Gasteiger partial charge >= 0.3 is 0 Å². The summed E-state index contributed by atoms with van der Waals surface area (Å²) in [7, 11) is 3.29. The van der Waals surface area contributed by atoms with E-state index >= 15 is 0 Å². The molecule has 1 aliphatic rings. The lowest BCUT2D eigenvalue weighted by atomic mass is 9.93. The molecule has 1 fully saturated rings. The number of aliphatic hydroxyl groups excluding tert-OH is 1. The zero-order valence-electron chi connectivity index (χ0n) is 11.7. The molecule has 0 unspecified atom stereocenters. The summed E-state index contributed by atoms with van der Waals surface area (Å²) in [6.45, 7) is 0.821. The van der Waals surface area contributed by atoms with Crippen LogP contribution >= 0.6 is 0 Å². The highest BCUT2D eigenvalue weighted by Gasteiger charge is 2.18. The molecule has 1 saturated carbocycles. The zero-order valence-corrected chi connectivity index (χ0v) is 11.7. The third-order valence-electron chi connectivity index (χ3n) is 3.74. The second-order valence-corrected chi connectivity index (χ2v) is 5.08. The first-order valence-corrected chi connectivity index (χ1v) is 6.85. The van der Waals surface area contributed by atoms with Crippen molar-refractivity contribution in [1.29, 1.82) is 0 Å². The van der Waals surface area contributed by atoms with Crippen molar-refractivity contribution in [3.8, 4) is 11.5 Å². The Morgan fingerprint density at radius 3 is 2.42 bits per heavy atom. The largest absolute Gasteiger partial charge is 0.493 e. The lowest BCUT2D eigenvalue weighted by Crippen LogP contribution is -2.34. The predicted octanol–water partition coefficient (Wildman–Crippen LogP) is 2.10. The Bertz CT molecular complexity index is 400. The predicted molar refractivity (Wildman–Crippen MR) is 74.6 cm³/mol. The Hall–Kier alpha value is -1.26. The van der Waals surface area contributed by atoms with Crippen molar-refractivity contribution in [2.24, 2.45) is 0 Å². The van der Waals surface area contributed by atoms with Crippen LogP contribution in [-0.2, 0) is 6.54 Å². The van der Waals surface area contributed by atoms with Gasteiger partial charge < -0.3 is 19.9 Å². The van der Waals surface area contributed by atoms with Crippen molar-refractivity contribution >= 4 is 0 Å². The van der Waals surface area contributed by atoms with Crippen molar-refractivity contribution in [2.75, 3.05) is 14.2 Å². The highest BCUT2D eigenvalue weighted by Crippen LogP contribution is 2.27. The van der Waals surface area contributed by atoms with Gasteiger partial charge in [-0.2, -0.15) is 0 Å². The molecule has 1 aromatic carbocycles. The highest BCUT2D eigenvalue weighted by molar-refractivity contribution is 5.42. The van der Waals surface area contributed by atoms with Crippen LogP contribution in [0.5, 0.6) is 11.5 Å². The molecule has 2 rings (SSSR count). The minimum Gasteiger partial charge on any atom is -0.493 e. The topological polar surface area (TPSA) is 50.7 Å². The lowest BCUT2D eigenvalue weighted by molar-refractivity contribution is 0.116. The average Bonchev–Trinajstić information content (AvgIpc) is 2.46. The summed E-state index contributed by atoms with van der Waals surface area (Å²) in [4.78, 5) is 0. The summed E-state index contributed by atoms with van der Waals surface area (Å²) in [5.74, 6) is 1.52. The molecule has 0 amide bonds. The molecule has 0 aromatic heterocycles. The first kappa shape index (κ1) is 14.2. The van der Waals surface area contributed by atoms with Crippen LogP contribution in [0.3, 0.4) is 0 Å². The van der Waals surface area contributed by atoms with Crippen LogP contribution in [-0.4, -0.2) is 31.5 Å². The second kappa shape index (κ2) is 6.78. The summed E-state index contributed by atoms with van der Waals surface area (Å²) in [5, 5.41) is 13.0. The van der Waals surface area contributed by atoms with Gasteiger partial charge in [0.05, 0.1) is 20.3 Å². The molecule has 0 atom stereocenters. The van der Waals surface area contributed by atoms with E-state index in [4.69, 9.17) is 9.47 Å². The lowest BCUT2D eigenvalue weighted by Gasteiger charge is -2.26. The van der Waals surface area contributed by atoms with E-state index in [0.717, 1.165) is 43.7 Å². The Morgan fingerprint density at radius 2 is 1.79 bits per heavy atom. The van der Waals surface area contributed by atoms with Crippen LogP contribution < -0.4 is 14.8 Å². The Kier molecular flexibility index (Phi) is 5.05. The molecule has 0 spiro atoms. The van der Waals surface area contributed by atoms with E-state index in [1.165, 1.54) is 5.56 Å². The van der Waals surface area contributed by atoms with Gasteiger partial charge in [-0.05, 0) is 43.4 Å². The van der Waals surface area contributed by atoms with Crippen molar-refractivity contribution < 1.29 is 14.6 Å². The minimum atomic E-state index is -0.0980. The van der Waals surface area contributed by atoms with E-state index in [1.54, 1.807) is 14.2 Å². The molecule has 1 aliphatic carbocycles. The van der Waals surface area contributed by atoms with E-state index in [1.807, 2.05) is 18.2 Å². The maximum absolute atomic E-state index is 9.48. The second-order valence-electron chi connectivity index (χ2n) is 5.08. The number of hydrogen-bond acceptors (Lipinski definition) is 4. The normalized spacial score (nSPS) is 23.1. The van der Waals surface area contributed by atoms with E-state index in [0.29, 0.717) is 6.04 Å². The van der Waals surface area contributed by atoms with Crippen LogP contribution in [0, 0.1) is 0 Å². The van der Waals surface area contributed by atoms with E-state index in [-0.39, 0.29) is 6.10 Å². The monoisotopic (exact) mass is 265 g/mol. The molecular formula is C15H23NO3. The average molecular weight is 265 g/mol. The maximum Gasteiger partial charge on any atom is 0.161 e. The fourth-order valence-corrected chi connectivity index (χ4v) is 2.53. The first-order chi connectivity index (χ1) is 9.22. The van der Waals surface area contributed by atoms with E-state index in [9.17, 15) is 5.11 Å². The van der Waals surface area contributed by atoms with Gasteiger partial charge in [-0.1, -0.05) is 6.07 Å². The van der Waals surface area contributed by atoms with Crippen molar-refractivity contribution in [1.82, 2.24) is 5.32 Å². The molecule has 19 heavy (non-hydrogen) atoms. The molecule has 4 nitrogen and oxygen atoms in total. The number of aliphatic hydroxyl groups is 1. The van der Waals surface area contributed by atoms with Gasteiger partial charge in [0, 0.05) is 12.6 Å². The number of methoxy groups -OCH3 is 2. The van der Waals surface area contributed by atoms with Crippen molar-refractivity contribution in [3.63, 3.8) is 0 Å². The third-order valence-corrected chi connectivity index (χ3v) is 3.74. The smallest absolute Gasteiger partial charge is 0.161 e. The van der Waals surface area contributed by atoms with Gasteiger partial charge in [0.25, 0.3) is 0 Å². The van der Waals surface area contributed by atoms with Gasteiger partial charge in [-0.15, -0.1) is 0 Å². The summed E-state index contributed by atoms with van der Waals surface area (Å²) < 4.78 is 10.5. The Balaban J connectivity index is 1.89. The zero-order chi connectivity index (χ0) is 13.7. The van der Waals surface area contributed by atoms with E-state index < -0.39 is 0 Å². The molecule has 1 aromatic rings. The van der Waals surface area contributed by atoms with Crippen LogP contribution in [0.15, 0.2) is 18.2 Å². The van der Waals surface area contributed by atoms with Crippen molar-refractivity contribution in [3.05, 3.63) is 23.8 Å². The molecule has 0 saturated heterocycles. The number of ether oxygens (including phenoxy) is 2. The summed E-state index contributed by atoms with van der Waals surface area (Å²) in [5.41, 5.74) is 1.18. The van der Waals surface area contributed by atoms with Crippen LogP contribution in [0.4, 0.5) is 0 Å². The van der Waals surface area contributed by atoms with E-state index in [2.05, 4.69) is 5.32 Å². The number of hydrogen-bond donors (Lipinski definition) is 2. The fourth-order valence-electron chi connectivity index (χ4n) is 2.53. The molecular weight excluding hydrogens is 242 g/mol. The highest BCUT2D eigenvalue weighted by atomic mass is 16.5. The molecule has 106 valence electrons. The molecule has 2 N–H and O–H groups in total. The number of benzene rings is 1. The minimum absolute atomic E-state index is 0.0980. The Labute approximate surface area is 114 Å². The van der Waals surface area contributed by atoms with Crippen LogP contribution in [0.2, 0.25) is 0 Å². The standard InChI is InChI=1S/C15H23NO3/c1-18-14-8-3-11(9-15(14)19-2)10-16-12-4-6-13(17)7-5-12/h3,8-9,12-13,16-17H,4-7,10H2,1-2H3. The van der Waals surface area contributed by atoms with Crippen LogP contribution in [0.25, 0.3) is 0 Å². The first-order valence-electron chi connectivity index (χ1n) is 6.85. The SMILES string of the molecule is COc1ccc(CNC2CCC(O)CC2)cc1OC. The molecule has 0 bridgehead atoms. The van der Waals surface area contributed by atoms with Gasteiger partial charge in [0.2, 0.25) is 0 Å².